The van der Waals surface area contributed by atoms with E-state index in [1.165, 1.54) is 6.33 Å². The average molecular weight is 303 g/mol. The van der Waals surface area contributed by atoms with E-state index < -0.39 is 0 Å². The summed E-state index contributed by atoms with van der Waals surface area (Å²) >= 11 is 18.1. The van der Waals surface area contributed by atoms with Gasteiger partial charge in [-0.2, -0.15) is 0 Å². The maximum Gasteiger partial charge on any atom is 0.115 e. The number of benzene rings is 1. The molecule has 0 fully saturated rings. The summed E-state index contributed by atoms with van der Waals surface area (Å²) in [4.78, 5) is 7.96. The molecule has 2 aromatic rings. The summed E-state index contributed by atoms with van der Waals surface area (Å²) in [7, 11) is 0. The molecule has 6 heteroatoms. The van der Waals surface area contributed by atoms with Gasteiger partial charge in [-0.15, -0.1) is 0 Å². The van der Waals surface area contributed by atoms with Crippen molar-refractivity contribution in [3.63, 3.8) is 0 Å². The number of hydrogen-bond donors (Lipinski definition) is 1. The Morgan fingerprint density at radius 3 is 2.50 bits per heavy atom. The SMILES string of the molecule is Clc1ccc(Cl)c(CNCc2ccncn2)c1Cl. The third-order valence-electron chi connectivity index (χ3n) is 2.39. The number of hydrogen-bond acceptors (Lipinski definition) is 3. The number of nitrogens with zero attached hydrogens (tertiary/aromatic N) is 2. The van der Waals surface area contributed by atoms with Crippen LogP contribution in [0.3, 0.4) is 0 Å². The van der Waals surface area contributed by atoms with Crippen molar-refractivity contribution in [2.45, 2.75) is 13.1 Å². The first-order valence-corrected chi connectivity index (χ1v) is 6.40. The molecule has 0 spiro atoms. The van der Waals surface area contributed by atoms with Crippen molar-refractivity contribution in [3.8, 4) is 0 Å². The van der Waals surface area contributed by atoms with Crippen molar-refractivity contribution in [1.82, 2.24) is 15.3 Å². The smallest absolute Gasteiger partial charge is 0.115 e. The van der Waals surface area contributed by atoms with E-state index in [0.29, 0.717) is 28.2 Å². The molecule has 0 atom stereocenters. The van der Waals surface area contributed by atoms with Crippen molar-refractivity contribution in [3.05, 3.63) is 57.0 Å². The fourth-order valence-corrected chi connectivity index (χ4v) is 2.15. The lowest BCUT2D eigenvalue weighted by Crippen LogP contribution is -2.14. The maximum atomic E-state index is 6.10. The van der Waals surface area contributed by atoms with Gasteiger partial charge in [-0.25, -0.2) is 9.97 Å². The van der Waals surface area contributed by atoms with Crippen molar-refractivity contribution in [2.75, 3.05) is 0 Å². The molecule has 0 bridgehead atoms. The van der Waals surface area contributed by atoms with Crippen molar-refractivity contribution in [1.29, 1.82) is 0 Å². The average Bonchev–Trinajstić information content (AvgIpc) is 2.39. The molecule has 1 aromatic carbocycles. The fourth-order valence-electron chi connectivity index (χ4n) is 1.47. The van der Waals surface area contributed by atoms with E-state index >= 15 is 0 Å². The summed E-state index contributed by atoms with van der Waals surface area (Å²) in [6.07, 6.45) is 3.21. The van der Waals surface area contributed by atoms with Gasteiger partial charge in [0.05, 0.1) is 15.7 Å². The van der Waals surface area contributed by atoms with Crippen LogP contribution in [0.25, 0.3) is 0 Å². The highest BCUT2D eigenvalue weighted by Crippen LogP contribution is 2.31. The largest absolute Gasteiger partial charge is 0.307 e. The Morgan fingerprint density at radius 2 is 1.78 bits per heavy atom. The normalized spacial score (nSPS) is 10.6. The van der Waals surface area contributed by atoms with Crippen LogP contribution in [0.15, 0.2) is 30.7 Å². The molecule has 0 saturated heterocycles. The van der Waals surface area contributed by atoms with Crippen LogP contribution in [0.1, 0.15) is 11.3 Å². The summed E-state index contributed by atoms with van der Waals surface area (Å²) in [6, 6.07) is 5.26. The lowest BCUT2D eigenvalue weighted by molar-refractivity contribution is 0.678. The summed E-state index contributed by atoms with van der Waals surface area (Å²) in [5, 5.41) is 4.79. The molecule has 0 aliphatic heterocycles. The van der Waals surface area contributed by atoms with E-state index in [2.05, 4.69) is 15.3 Å². The van der Waals surface area contributed by atoms with Gasteiger partial charge >= 0.3 is 0 Å². The van der Waals surface area contributed by atoms with Gasteiger partial charge in [0.15, 0.2) is 0 Å². The lowest BCUT2D eigenvalue weighted by Gasteiger charge is -2.09. The Balaban J connectivity index is 2.01. The van der Waals surface area contributed by atoms with Crippen LogP contribution >= 0.6 is 34.8 Å². The Bertz CT molecular complexity index is 532. The minimum atomic E-state index is 0.486. The minimum Gasteiger partial charge on any atom is -0.307 e. The zero-order chi connectivity index (χ0) is 13.0. The van der Waals surface area contributed by atoms with E-state index in [9.17, 15) is 0 Å². The summed E-state index contributed by atoms with van der Waals surface area (Å²) in [6.45, 7) is 1.14. The number of aromatic nitrogens is 2. The van der Waals surface area contributed by atoms with Crippen LogP contribution in [0.5, 0.6) is 0 Å². The van der Waals surface area contributed by atoms with Gasteiger partial charge < -0.3 is 5.32 Å². The monoisotopic (exact) mass is 301 g/mol. The second kappa shape index (κ2) is 6.34. The van der Waals surface area contributed by atoms with Crippen molar-refractivity contribution < 1.29 is 0 Å². The molecule has 0 aliphatic rings. The molecule has 0 saturated carbocycles. The van der Waals surface area contributed by atoms with E-state index in [-0.39, 0.29) is 0 Å². The van der Waals surface area contributed by atoms with Gasteiger partial charge in [-0.05, 0) is 18.2 Å². The molecule has 2 rings (SSSR count). The fraction of sp³-hybridized carbons (Fsp3) is 0.167. The second-order valence-corrected chi connectivity index (χ2v) is 4.82. The molecular formula is C12H10Cl3N3. The molecule has 0 unspecified atom stereocenters. The molecular weight excluding hydrogens is 293 g/mol. The number of halogens is 3. The zero-order valence-electron chi connectivity index (χ0n) is 9.33. The van der Waals surface area contributed by atoms with Gasteiger partial charge in [0.25, 0.3) is 0 Å². The highest BCUT2D eigenvalue weighted by molar-refractivity contribution is 6.44. The van der Waals surface area contributed by atoms with Crippen LogP contribution in [0.2, 0.25) is 15.1 Å². The van der Waals surface area contributed by atoms with Crippen LogP contribution in [0.4, 0.5) is 0 Å². The van der Waals surface area contributed by atoms with Crippen LogP contribution in [-0.2, 0) is 13.1 Å². The van der Waals surface area contributed by atoms with E-state index in [1.54, 1.807) is 18.3 Å². The highest BCUT2D eigenvalue weighted by atomic mass is 35.5. The van der Waals surface area contributed by atoms with Gasteiger partial charge in [0.1, 0.15) is 6.33 Å². The molecule has 18 heavy (non-hydrogen) atoms. The summed E-state index contributed by atoms with van der Waals surface area (Å²) < 4.78 is 0. The standard InChI is InChI=1S/C12H10Cl3N3/c13-10-1-2-11(14)12(15)9(10)6-17-5-8-3-4-16-7-18-8/h1-4,7,17H,5-6H2. The predicted molar refractivity (Wildman–Crippen MR) is 74.0 cm³/mol. The van der Waals surface area contributed by atoms with Crippen LogP contribution < -0.4 is 5.32 Å². The first-order chi connectivity index (χ1) is 8.68. The van der Waals surface area contributed by atoms with Crippen molar-refractivity contribution in [2.24, 2.45) is 0 Å². The van der Waals surface area contributed by atoms with Crippen molar-refractivity contribution >= 4 is 34.8 Å². The summed E-state index contributed by atoms with van der Waals surface area (Å²) in [5.74, 6) is 0. The van der Waals surface area contributed by atoms with E-state index in [0.717, 1.165) is 11.3 Å². The first kappa shape index (κ1) is 13.6. The Morgan fingerprint density at radius 1 is 1.00 bits per heavy atom. The topological polar surface area (TPSA) is 37.8 Å². The summed E-state index contributed by atoms with van der Waals surface area (Å²) in [5.41, 5.74) is 1.69. The molecule has 1 heterocycles. The minimum absolute atomic E-state index is 0.486. The number of rotatable bonds is 4. The zero-order valence-corrected chi connectivity index (χ0v) is 11.6. The third-order valence-corrected chi connectivity index (χ3v) is 3.59. The molecule has 0 radical (unpaired) electrons. The molecule has 94 valence electrons. The van der Waals surface area contributed by atoms with Crippen LogP contribution in [0, 0.1) is 0 Å². The van der Waals surface area contributed by atoms with Gasteiger partial charge in [-0.1, -0.05) is 34.8 Å². The Kier molecular flexibility index (Phi) is 4.78. The van der Waals surface area contributed by atoms with E-state index in [1.807, 2.05) is 6.07 Å². The van der Waals surface area contributed by atoms with Crippen LogP contribution in [-0.4, -0.2) is 9.97 Å². The van der Waals surface area contributed by atoms with E-state index in [4.69, 9.17) is 34.8 Å². The Hall–Kier alpha value is -0.870. The highest BCUT2D eigenvalue weighted by Gasteiger charge is 2.09. The molecule has 0 amide bonds. The van der Waals surface area contributed by atoms with Gasteiger partial charge in [0, 0.05) is 29.9 Å². The maximum absolute atomic E-state index is 6.10. The number of nitrogens with one attached hydrogen (secondary N) is 1. The molecule has 1 aromatic heterocycles. The lowest BCUT2D eigenvalue weighted by atomic mass is 10.2. The Labute approximate surface area is 120 Å². The third kappa shape index (κ3) is 3.33. The molecule has 0 aliphatic carbocycles. The molecule has 1 N–H and O–H groups in total. The quantitative estimate of drug-likeness (QED) is 0.875. The predicted octanol–water partition coefficient (Wildman–Crippen LogP) is 3.73. The van der Waals surface area contributed by atoms with Gasteiger partial charge in [0.2, 0.25) is 0 Å². The second-order valence-electron chi connectivity index (χ2n) is 3.63. The first-order valence-electron chi connectivity index (χ1n) is 5.26. The van der Waals surface area contributed by atoms with Gasteiger partial charge in [-0.3, -0.25) is 0 Å². The molecule has 3 nitrogen and oxygen atoms in total.